The summed E-state index contributed by atoms with van der Waals surface area (Å²) < 4.78 is 12.7. The lowest BCUT2D eigenvalue weighted by Gasteiger charge is -2.31. The van der Waals surface area contributed by atoms with Gasteiger partial charge in [0.05, 0.1) is 30.2 Å². The van der Waals surface area contributed by atoms with Crippen LogP contribution in [0.1, 0.15) is 30.4 Å². The molecule has 4 aromatic rings. The molecule has 48 heavy (non-hydrogen) atoms. The number of carbonyl (C=O) groups is 2. The van der Waals surface area contributed by atoms with Crippen LogP contribution in [-0.4, -0.2) is 53.4 Å². The summed E-state index contributed by atoms with van der Waals surface area (Å²) >= 11 is 0. The van der Waals surface area contributed by atoms with E-state index in [1.54, 1.807) is 30.3 Å². The molecule has 9 heteroatoms. The smallest absolute Gasteiger partial charge is 0.488 e. The number of benzene rings is 4. The molecule has 0 unspecified atom stereocenters. The van der Waals surface area contributed by atoms with Crippen molar-refractivity contribution >= 4 is 41.7 Å². The summed E-state index contributed by atoms with van der Waals surface area (Å²) in [6, 6.07) is 33.1. The fraction of sp³-hybridized carbons (Fsp3) is 0.231. The van der Waals surface area contributed by atoms with Crippen molar-refractivity contribution < 1.29 is 34.2 Å². The number of carbonyl (C=O) groups excluding carboxylic acids is 2. The van der Waals surface area contributed by atoms with Gasteiger partial charge in [0.25, 0.3) is 0 Å². The van der Waals surface area contributed by atoms with Gasteiger partial charge in [0, 0.05) is 5.92 Å². The van der Waals surface area contributed by atoms with Crippen LogP contribution in [0.2, 0.25) is 0 Å². The number of hydrogen-bond acceptors (Lipinski definition) is 7. The Morgan fingerprint density at radius 3 is 2.33 bits per heavy atom. The highest BCUT2D eigenvalue weighted by atomic mass is 16.5. The van der Waals surface area contributed by atoms with Crippen LogP contribution < -0.4 is 15.1 Å². The Bertz CT molecular complexity index is 1860. The Kier molecular flexibility index (Phi) is 8.99. The first-order chi connectivity index (χ1) is 23.4. The van der Waals surface area contributed by atoms with E-state index in [-0.39, 0.29) is 41.7 Å². The minimum Gasteiger partial charge on any atom is -0.508 e. The molecule has 3 aliphatic rings. The van der Waals surface area contributed by atoms with E-state index in [0.717, 1.165) is 33.6 Å². The minimum atomic E-state index is -1.72. The average Bonchev–Trinajstić information content (AvgIpc) is 3.65. The molecule has 0 bridgehead atoms. The molecular weight excluding hydrogens is 605 g/mol. The van der Waals surface area contributed by atoms with Crippen molar-refractivity contribution in [2.75, 3.05) is 18.1 Å². The first-order valence-electron chi connectivity index (χ1n) is 16.3. The van der Waals surface area contributed by atoms with E-state index in [4.69, 9.17) is 9.47 Å². The molecule has 2 saturated heterocycles. The maximum atomic E-state index is 14.1. The Morgan fingerprint density at radius 2 is 1.60 bits per heavy atom. The summed E-state index contributed by atoms with van der Waals surface area (Å²) in [4.78, 5) is 29.2. The second kappa shape index (κ2) is 13.6. The number of amides is 2. The van der Waals surface area contributed by atoms with Gasteiger partial charge in [-0.15, -0.1) is 0 Å². The number of hydrogen-bond donors (Lipinski definition) is 3. The molecule has 3 N–H and O–H groups in total. The number of phenolic OH excluding ortho intramolecular Hbond substituents is 1. The van der Waals surface area contributed by atoms with Crippen LogP contribution in [0, 0.1) is 17.8 Å². The predicted octanol–water partition coefficient (Wildman–Crippen LogP) is 4.99. The first-order valence-corrected chi connectivity index (χ1v) is 16.3. The van der Waals surface area contributed by atoms with Crippen LogP contribution in [-0.2, 0) is 14.3 Å². The Labute approximate surface area is 279 Å². The van der Waals surface area contributed by atoms with Crippen molar-refractivity contribution in [2.24, 2.45) is 17.8 Å². The van der Waals surface area contributed by atoms with Gasteiger partial charge in [-0.2, -0.15) is 0 Å². The normalized spacial score (nSPS) is 22.1. The van der Waals surface area contributed by atoms with E-state index in [2.05, 4.69) is 18.2 Å². The van der Waals surface area contributed by atoms with Gasteiger partial charge in [0.15, 0.2) is 0 Å². The molecule has 7 rings (SSSR count). The first kappa shape index (κ1) is 31.6. The van der Waals surface area contributed by atoms with Crippen LogP contribution in [0.15, 0.2) is 120 Å². The topological polar surface area (TPSA) is 117 Å². The maximum absolute atomic E-state index is 14.1. The third-order valence-electron chi connectivity index (χ3n) is 9.65. The fourth-order valence-corrected chi connectivity index (χ4v) is 7.38. The number of para-hydroxylation sites is 1. The second-order valence-corrected chi connectivity index (χ2v) is 12.6. The van der Waals surface area contributed by atoms with E-state index < -0.39 is 19.0 Å². The van der Waals surface area contributed by atoms with Gasteiger partial charge >= 0.3 is 7.12 Å². The van der Waals surface area contributed by atoms with Gasteiger partial charge in [-0.25, -0.2) is 0 Å². The van der Waals surface area contributed by atoms with Crippen molar-refractivity contribution in [2.45, 2.75) is 25.4 Å². The number of aromatic hydroxyl groups is 1. The number of nitrogens with zero attached hydrogens (tertiary/aromatic N) is 1. The molecule has 0 spiro atoms. The molecule has 2 heterocycles. The number of rotatable bonds is 10. The molecule has 8 nitrogen and oxygen atoms in total. The zero-order valence-corrected chi connectivity index (χ0v) is 26.3. The van der Waals surface area contributed by atoms with E-state index in [1.165, 1.54) is 11.0 Å². The summed E-state index contributed by atoms with van der Waals surface area (Å²) in [5, 5.41) is 29.3. The van der Waals surface area contributed by atoms with Crippen LogP contribution in [0.25, 0.3) is 11.6 Å². The lowest BCUT2D eigenvalue weighted by Crippen LogP contribution is -2.36. The van der Waals surface area contributed by atoms with Crippen LogP contribution in [0.5, 0.6) is 11.5 Å². The molecule has 4 aromatic carbocycles. The monoisotopic (exact) mass is 641 g/mol. The van der Waals surface area contributed by atoms with E-state index in [9.17, 15) is 24.7 Å². The third-order valence-corrected chi connectivity index (χ3v) is 9.65. The summed E-state index contributed by atoms with van der Waals surface area (Å²) in [6.45, 7) is 0.599. The standard InChI is InChI=1S/C39H36BNO7/c42-31-17-14-25(15-18-31)20-27(26-8-3-1-4-9-26)16-19-35-36-28(23-47-32-12-5-2-6-13-32)21-33-37(34(36)24-48-35)39(44)41(38(33)43)30-11-7-10-29(22-30)40(45)46/h1-15,17-18,20,22,33-35,37,42,45-46H,16,19,21,23-24H2/b27-20-/t33-,34+,35-,37-/m1/s1. The van der Waals surface area contributed by atoms with E-state index in [0.29, 0.717) is 31.6 Å². The van der Waals surface area contributed by atoms with Crippen molar-refractivity contribution in [1.82, 2.24) is 0 Å². The minimum absolute atomic E-state index is 0.206. The largest absolute Gasteiger partial charge is 0.508 e. The molecule has 0 saturated carbocycles. The molecule has 2 aliphatic heterocycles. The Hall–Kier alpha value is -4.96. The summed E-state index contributed by atoms with van der Waals surface area (Å²) in [5.41, 5.74) is 5.75. The predicted molar refractivity (Wildman–Crippen MR) is 184 cm³/mol. The summed E-state index contributed by atoms with van der Waals surface area (Å²) in [7, 11) is -1.72. The molecule has 0 radical (unpaired) electrons. The van der Waals surface area contributed by atoms with Crippen LogP contribution in [0.3, 0.4) is 0 Å². The number of ether oxygens (including phenoxy) is 2. The van der Waals surface area contributed by atoms with Gasteiger partial charge in [0.2, 0.25) is 11.8 Å². The molecule has 4 atom stereocenters. The Morgan fingerprint density at radius 1 is 0.875 bits per heavy atom. The summed E-state index contributed by atoms with van der Waals surface area (Å²) in [6.07, 6.45) is 3.60. The zero-order chi connectivity index (χ0) is 33.2. The highest BCUT2D eigenvalue weighted by Crippen LogP contribution is 2.50. The molecular formula is C39H36BNO7. The maximum Gasteiger partial charge on any atom is 0.488 e. The number of anilines is 1. The van der Waals surface area contributed by atoms with Gasteiger partial charge in [-0.05, 0) is 89.0 Å². The molecule has 1 aliphatic carbocycles. The number of phenols is 1. The van der Waals surface area contributed by atoms with E-state index in [1.807, 2.05) is 60.7 Å². The lowest BCUT2D eigenvalue weighted by molar-refractivity contribution is -0.122. The van der Waals surface area contributed by atoms with Gasteiger partial charge < -0.3 is 24.6 Å². The van der Waals surface area contributed by atoms with Crippen LogP contribution >= 0.6 is 0 Å². The van der Waals surface area contributed by atoms with Gasteiger partial charge in [-0.1, -0.05) is 78.9 Å². The molecule has 2 fully saturated rings. The van der Waals surface area contributed by atoms with Crippen molar-refractivity contribution in [3.8, 4) is 11.5 Å². The highest BCUT2D eigenvalue weighted by Gasteiger charge is 2.57. The zero-order valence-electron chi connectivity index (χ0n) is 26.3. The van der Waals surface area contributed by atoms with E-state index >= 15 is 0 Å². The number of imide groups is 1. The molecule has 0 aromatic heterocycles. The lowest BCUT2D eigenvalue weighted by atomic mass is 9.69. The van der Waals surface area contributed by atoms with Gasteiger partial charge in [-0.3, -0.25) is 14.5 Å². The number of allylic oxidation sites excluding steroid dienone is 1. The third kappa shape index (κ3) is 6.32. The van der Waals surface area contributed by atoms with Crippen LogP contribution in [0.4, 0.5) is 5.69 Å². The van der Waals surface area contributed by atoms with Gasteiger partial charge in [0.1, 0.15) is 18.1 Å². The quantitative estimate of drug-likeness (QED) is 0.0967. The van der Waals surface area contributed by atoms with Crippen molar-refractivity contribution in [3.05, 3.63) is 131 Å². The molecule has 2 amide bonds. The highest BCUT2D eigenvalue weighted by molar-refractivity contribution is 6.58. The van der Waals surface area contributed by atoms with Crippen molar-refractivity contribution in [3.63, 3.8) is 0 Å². The second-order valence-electron chi connectivity index (χ2n) is 12.6. The number of fused-ring (bicyclic) bond motifs is 3. The SMILES string of the molecule is O=C1[C@@H]2[C@@H](CC(COc3ccccc3)=C3[C@@H](CC/C(=C/c4ccc(O)cc4)c4ccccc4)OC[C@@H]32)C(=O)N1c1cccc(B(O)O)c1. The Balaban J connectivity index is 1.20. The average molecular weight is 642 g/mol. The van der Waals surface area contributed by atoms with Crippen molar-refractivity contribution in [1.29, 1.82) is 0 Å². The molecule has 242 valence electrons. The summed E-state index contributed by atoms with van der Waals surface area (Å²) in [5.74, 6) is -1.08. The fourth-order valence-electron chi connectivity index (χ4n) is 7.38.